The molecule has 2 aromatic rings. The Balaban J connectivity index is 2.04. The van der Waals surface area contributed by atoms with Crippen LogP contribution in [0.1, 0.15) is 23.0 Å². The van der Waals surface area contributed by atoms with Gasteiger partial charge >= 0.3 is 0 Å². The topological polar surface area (TPSA) is 23.5 Å². The van der Waals surface area contributed by atoms with E-state index in [1.54, 1.807) is 12.1 Å². The number of rotatable bonds is 2. The highest BCUT2D eigenvalue weighted by molar-refractivity contribution is 14.1. The van der Waals surface area contributed by atoms with Gasteiger partial charge in [-0.2, -0.15) is 0 Å². The molecule has 3 rings (SSSR count). The Kier molecular flexibility index (Phi) is 4.43. The zero-order valence-corrected chi connectivity index (χ0v) is 14.7. The van der Waals surface area contributed by atoms with Crippen molar-refractivity contribution in [2.75, 3.05) is 20.1 Å². The molecule has 2 aromatic carbocycles. The molecule has 1 fully saturated rings. The van der Waals surface area contributed by atoms with Crippen LogP contribution >= 0.6 is 34.2 Å². The van der Waals surface area contributed by atoms with Gasteiger partial charge in [-0.25, -0.2) is 0 Å². The number of phenols is 1. The van der Waals surface area contributed by atoms with E-state index in [2.05, 4.69) is 58.8 Å². The number of likely N-dealkylation sites (tertiary alicyclic amines) is 1. The molecule has 21 heavy (non-hydrogen) atoms. The smallest absolute Gasteiger partial charge is 0.119 e. The van der Waals surface area contributed by atoms with Crippen LogP contribution in [0.2, 0.25) is 5.02 Å². The SMILES string of the molecule is CN1C[C@H](c2cc(Cl)ccc2O)[C@@H](c2ccccc2I)C1. The number of likely N-dealkylation sites (N-methyl/N-ethyl adjacent to an activating group) is 1. The molecule has 4 heteroatoms. The fourth-order valence-corrected chi connectivity index (χ4v) is 4.20. The van der Waals surface area contributed by atoms with Crippen LogP contribution in [0.3, 0.4) is 0 Å². The van der Waals surface area contributed by atoms with Gasteiger partial charge < -0.3 is 10.0 Å². The van der Waals surface area contributed by atoms with Crippen molar-refractivity contribution in [3.63, 3.8) is 0 Å². The van der Waals surface area contributed by atoms with Gasteiger partial charge in [0.15, 0.2) is 0 Å². The molecule has 0 unspecified atom stereocenters. The van der Waals surface area contributed by atoms with Crippen molar-refractivity contribution in [3.8, 4) is 5.75 Å². The molecule has 1 aliphatic rings. The van der Waals surface area contributed by atoms with Crippen LogP contribution < -0.4 is 0 Å². The van der Waals surface area contributed by atoms with Crippen molar-refractivity contribution in [3.05, 3.63) is 62.2 Å². The minimum atomic E-state index is 0.268. The molecule has 0 aromatic heterocycles. The zero-order chi connectivity index (χ0) is 15.0. The second kappa shape index (κ2) is 6.15. The van der Waals surface area contributed by atoms with Crippen LogP contribution in [-0.4, -0.2) is 30.1 Å². The lowest BCUT2D eigenvalue weighted by Gasteiger charge is -2.21. The first kappa shape index (κ1) is 15.1. The summed E-state index contributed by atoms with van der Waals surface area (Å²) in [5, 5.41) is 10.9. The molecular formula is C17H17ClINO. The zero-order valence-electron chi connectivity index (χ0n) is 11.8. The summed E-state index contributed by atoms with van der Waals surface area (Å²) in [7, 11) is 2.13. The van der Waals surface area contributed by atoms with Gasteiger partial charge in [0.05, 0.1) is 0 Å². The van der Waals surface area contributed by atoms with Crippen LogP contribution in [0.4, 0.5) is 0 Å². The molecule has 0 amide bonds. The van der Waals surface area contributed by atoms with Gasteiger partial charge in [-0.15, -0.1) is 0 Å². The summed E-state index contributed by atoms with van der Waals surface area (Å²) in [6, 6.07) is 13.8. The first-order valence-corrected chi connectivity index (χ1v) is 8.43. The Morgan fingerprint density at radius 2 is 1.76 bits per heavy atom. The Hall–Kier alpha value is -0.780. The Labute approximate surface area is 143 Å². The maximum absolute atomic E-state index is 10.2. The summed E-state index contributed by atoms with van der Waals surface area (Å²) >= 11 is 8.53. The molecule has 1 saturated heterocycles. The van der Waals surface area contributed by atoms with Crippen LogP contribution in [0, 0.1) is 3.57 Å². The van der Waals surface area contributed by atoms with Gasteiger partial charge in [-0.05, 0) is 59.5 Å². The van der Waals surface area contributed by atoms with Gasteiger partial charge in [0.1, 0.15) is 5.75 Å². The first-order valence-electron chi connectivity index (χ1n) is 6.97. The minimum Gasteiger partial charge on any atom is -0.508 e. The van der Waals surface area contributed by atoms with Crippen molar-refractivity contribution >= 4 is 34.2 Å². The predicted octanol–water partition coefficient (Wildman–Crippen LogP) is 4.46. The lowest BCUT2D eigenvalue weighted by molar-refractivity contribution is 0.405. The summed E-state index contributed by atoms with van der Waals surface area (Å²) in [5.74, 6) is 0.993. The molecule has 0 aliphatic carbocycles. The molecule has 0 radical (unpaired) electrons. The Morgan fingerprint density at radius 3 is 2.48 bits per heavy atom. The number of hydrogen-bond donors (Lipinski definition) is 1. The highest BCUT2D eigenvalue weighted by Gasteiger charge is 2.35. The summed E-state index contributed by atoms with van der Waals surface area (Å²) in [4.78, 5) is 2.32. The largest absolute Gasteiger partial charge is 0.508 e. The van der Waals surface area contributed by atoms with E-state index in [0.717, 1.165) is 18.7 Å². The highest BCUT2D eigenvalue weighted by atomic mass is 127. The number of halogens is 2. The van der Waals surface area contributed by atoms with E-state index in [0.29, 0.717) is 16.7 Å². The van der Waals surface area contributed by atoms with Gasteiger partial charge in [0.25, 0.3) is 0 Å². The van der Waals surface area contributed by atoms with Crippen molar-refractivity contribution in [1.82, 2.24) is 4.90 Å². The maximum Gasteiger partial charge on any atom is 0.119 e. The van der Waals surface area contributed by atoms with Crippen LogP contribution in [0.15, 0.2) is 42.5 Å². The van der Waals surface area contributed by atoms with Crippen molar-refractivity contribution in [2.45, 2.75) is 11.8 Å². The van der Waals surface area contributed by atoms with Gasteiger partial charge in [0, 0.05) is 39.1 Å². The highest BCUT2D eigenvalue weighted by Crippen LogP contribution is 2.43. The third-order valence-corrected chi connectivity index (χ3v) is 5.41. The van der Waals surface area contributed by atoms with Crippen molar-refractivity contribution in [2.24, 2.45) is 0 Å². The molecule has 0 spiro atoms. The number of benzene rings is 2. The third kappa shape index (κ3) is 3.05. The summed E-state index contributed by atoms with van der Waals surface area (Å²) in [6.45, 7) is 1.93. The number of phenolic OH excluding ortho intramolecular Hbond substituents is 1. The number of hydrogen-bond acceptors (Lipinski definition) is 2. The first-order chi connectivity index (χ1) is 10.1. The minimum absolute atomic E-state index is 0.268. The fourth-order valence-electron chi connectivity index (χ4n) is 3.23. The average Bonchev–Trinajstić information content (AvgIpc) is 2.83. The molecule has 2 nitrogen and oxygen atoms in total. The van der Waals surface area contributed by atoms with E-state index in [4.69, 9.17) is 11.6 Å². The molecular weight excluding hydrogens is 397 g/mol. The third-order valence-electron chi connectivity index (χ3n) is 4.20. The molecule has 110 valence electrons. The lowest BCUT2D eigenvalue weighted by atomic mass is 9.84. The van der Waals surface area contributed by atoms with Crippen LogP contribution in [0.25, 0.3) is 0 Å². The molecule has 0 bridgehead atoms. The van der Waals surface area contributed by atoms with Gasteiger partial charge in [-0.1, -0.05) is 29.8 Å². The number of aromatic hydroxyl groups is 1. The normalized spacial score (nSPS) is 22.6. The standard InChI is InChI=1S/C17H17ClINO/c1-20-9-14(12-4-2-3-5-16(12)19)15(10-20)13-8-11(18)6-7-17(13)21/h2-8,14-15,21H,9-10H2,1H3/t14-,15-/m1/s1. The van der Waals surface area contributed by atoms with E-state index >= 15 is 0 Å². The summed E-state index contributed by atoms with van der Waals surface area (Å²) in [6.07, 6.45) is 0. The van der Waals surface area contributed by atoms with E-state index in [9.17, 15) is 5.11 Å². The average molecular weight is 414 g/mol. The lowest BCUT2D eigenvalue weighted by Crippen LogP contribution is -2.13. The summed E-state index contributed by atoms with van der Waals surface area (Å²) < 4.78 is 1.28. The predicted molar refractivity (Wildman–Crippen MR) is 95.3 cm³/mol. The van der Waals surface area contributed by atoms with Gasteiger partial charge in [-0.3, -0.25) is 0 Å². The van der Waals surface area contributed by atoms with E-state index < -0.39 is 0 Å². The van der Waals surface area contributed by atoms with Gasteiger partial charge in [0.2, 0.25) is 0 Å². The van der Waals surface area contributed by atoms with E-state index in [1.807, 2.05) is 6.07 Å². The van der Waals surface area contributed by atoms with Crippen LogP contribution in [0.5, 0.6) is 5.75 Å². The molecule has 1 aliphatic heterocycles. The number of nitrogens with zero attached hydrogens (tertiary/aromatic N) is 1. The monoisotopic (exact) mass is 413 g/mol. The molecule has 0 saturated carbocycles. The quantitative estimate of drug-likeness (QED) is 0.735. The van der Waals surface area contributed by atoms with Crippen molar-refractivity contribution in [1.29, 1.82) is 0 Å². The Morgan fingerprint density at radius 1 is 1.10 bits per heavy atom. The fraction of sp³-hybridized carbons (Fsp3) is 0.294. The van der Waals surface area contributed by atoms with Crippen LogP contribution in [-0.2, 0) is 0 Å². The molecule has 2 atom stereocenters. The van der Waals surface area contributed by atoms with E-state index in [-0.39, 0.29) is 5.92 Å². The molecule has 1 heterocycles. The second-order valence-electron chi connectivity index (χ2n) is 5.66. The van der Waals surface area contributed by atoms with E-state index in [1.165, 1.54) is 9.13 Å². The maximum atomic E-state index is 10.2. The van der Waals surface area contributed by atoms with Crippen molar-refractivity contribution < 1.29 is 5.11 Å². The second-order valence-corrected chi connectivity index (χ2v) is 7.26. The molecule has 1 N–H and O–H groups in total. The Bertz CT molecular complexity index is 661. The summed E-state index contributed by atoms with van der Waals surface area (Å²) in [5.41, 5.74) is 2.31.